The van der Waals surface area contributed by atoms with Crippen molar-refractivity contribution in [2.45, 2.75) is 12.2 Å². The zero-order valence-electron chi connectivity index (χ0n) is 12.7. The second-order valence-corrected chi connectivity index (χ2v) is 5.40. The molecule has 1 fully saturated rings. The van der Waals surface area contributed by atoms with Gasteiger partial charge in [-0.15, -0.1) is 0 Å². The Balaban J connectivity index is 1.82. The second-order valence-electron chi connectivity index (χ2n) is 5.40. The number of amides is 1. The molecular weight excluding hydrogens is 302 g/mol. The molecule has 7 heteroatoms. The maximum atomic E-state index is 12.6. The number of carbonyl (C=O) groups excluding carboxylic acids is 1. The summed E-state index contributed by atoms with van der Waals surface area (Å²) in [6.45, 7) is 0. The third-order valence-corrected chi connectivity index (χ3v) is 4.15. The Hall–Kier alpha value is -2.54. The number of benzene rings is 1. The van der Waals surface area contributed by atoms with Crippen LogP contribution in [0.1, 0.15) is 0 Å². The average Bonchev–Trinajstić information content (AvgIpc) is 3.16. The van der Waals surface area contributed by atoms with Crippen LogP contribution >= 0.6 is 0 Å². The van der Waals surface area contributed by atoms with Gasteiger partial charge in [-0.2, -0.15) is 0 Å². The molecule has 1 aromatic rings. The van der Waals surface area contributed by atoms with Crippen molar-refractivity contribution in [2.75, 3.05) is 19.5 Å². The lowest BCUT2D eigenvalue weighted by Gasteiger charge is -2.21. The van der Waals surface area contributed by atoms with E-state index in [0.29, 0.717) is 17.2 Å². The second kappa shape index (κ2) is 5.92. The highest BCUT2D eigenvalue weighted by atomic mass is 16.5. The molecule has 4 atom stereocenters. The molecule has 2 bridgehead atoms. The summed E-state index contributed by atoms with van der Waals surface area (Å²) in [7, 11) is 3.01. The summed E-state index contributed by atoms with van der Waals surface area (Å²) >= 11 is 0. The Morgan fingerprint density at radius 3 is 2.43 bits per heavy atom. The normalized spacial score (nSPS) is 27.7. The van der Waals surface area contributed by atoms with Crippen LogP contribution in [0.4, 0.5) is 5.69 Å². The lowest BCUT2D eigenvalue weighted by molar-refractivity contribution is -0.145. The largest absolute Gasteiger partial charge is 0.497 e. The number of carboxylic acids is 1. The lowest BCUT2D eigenvalue weighted by atomic mass is 9.82. The number of methoxy groups -OCH3 is 2. The number of carboxylic acid groups (broad SMARTS) is 1. The molecule has 1 aromatic carbocycles. The van der Waals surface area contributed by atoms with Gasteiger partial charge in [0.15, 0.2) is 0 Å². The van der Waals surface area contributed by atoms with Crippen molar-refractivity contribution in [1.29, 1.82) is 0 Å². The Kier molecular flexibility index (Phi) is 3.96. The SMILES string of the molecule is COc1ccc(NC(=O)[C@@H]2[C@H](C(=O)O)[C@H]3C=C[C@H]2O3)c(OC)c1. The van der Waals surface area contributed by atoms with Crippen molar-refractivity contribution >= 4 is 17.6 Å². The number of anilines is 1. The molecule has 0 unspecified atom stereocenters. The maximum Gasteiger partial charge on any atom is 0.310 e. The molecule has 2 N–H and O–H groups in total. The molecule has 2 aliphatic heterocycles. The van der Waals surface area contributed by atoms with Gasteiger partial charge in [-0.3, -0.25) is 9.59 Å². The van der Waals surface area contributed by atoms with Gasteiger partial charge in [0, 0.05) is 6.07 Å². The first-order valence-electron chi connectivity index (χ1n) is 7.14. The summed E-state index contributed by atoms with van der Waals surface area (Å²) in [6, 6.07) is 4.97. The van der Waals surface area contributed by atoms with E-state index in [9.17, 15) is 14.7 Å². The Morgan fingerprint density at radius 1 is 1.13 bits per heavy atom. The molecule has 1 saturated heterocycles. The predicted octanol–water partition coefficient (Wildman–Crippen LogP) is 1.30. The van der Waals surface area contributed by atoms with E-state index in [0.717, 1.165) is 0 Å². The molecule has 0 saturated carbocycles. The van der Waals surface area contributed by atoms with Crippen LogP contribution < -0.4 is 14.8 Å². The number of rotatable bonds is 5. The van der Waals surface area contributed by atoms with Gasteiger partial charge in [-0.05, 0) is 12.1 Å². The Labute approximate surface area is 132 Å². The fraction of sp³-hybridized carbons (Fsp3) is 0.375. The zero-order valence-corrected chi connectivity index (χ0v) is 12.7. The molecule has 7 nitrogen and oxygen atoms in total. The molecule has 0 radical (unpaired) electrons. The predicted molar refractivity (Wildman–Crippen MR) is 80.6 cm³/mol. The van der Waals surface area contributed by atoms with Gasteiger partial charge in [0.25, 0.3) is 0 Å². The third-order valence-electron chi connectivity index (χ3n) is 4.15. The van der Waals surface area contributed by atoms with Crippen LogP contribution in [0.5, 0.6) is 11.5 Å². The highest BCUT2D eigenvalue weighted by Gasteiger charge is 2.53. The smallest absolute Gasteiger partial charge is 0.310 e. The topological polar surface area (TPSA) is 94.1 Å². The zero-order chi connectivity index (χ0) is 16.6. The minimum Gasteiger partial charge on any atom is -0.497 e. The van der Waals surface area contributed by atoms with E-state index in [-0.39, 0.29) is 0 Å². The molecule has 2 aliphatic rings. The van der Waals surface area contributed by atoms with Crippen molar-refractivity contribution in [1.82, 2.24) is 0 Å². The Bertz CT molecular complexity index is 671. The summed E-state index contributed by atoms with van der Waals surface area (Å²) in [6.07, 6.45) is 2.37. The minimum absolute atomic E-state index is 0.405. The molecular formula is C16H17NO6. The van der Waals surface area contributed by atoms with E-state index < -0.39 is 35.9 Å². The summed E-state index contributed by atoms with van der Waals surface area (Å²) in [5.74, 6) is -2.07. The molecule has 23 heavy (non-hydrogen) atoms. The van der Waals surface area contributed by atoms with Crippen molar-refractivity contribution < 1.29 is 28.9 Å². The van der Waals surface area contributed by atoms with Gasteiger partial charge in [0.05, 0.1) is 38.0 Å². The summed E-state index contributed by atoms with van der Waals surface area (Å²) in [4.78, 5) is 24.0. The molecule has 1 amide bonds. The fourth-order valence-electron chi connectivity index (χ4n) is 3.03. The monoisotopic (exact) mass is 319 g/mol. The number of carbonyl (C=O) groups is 2. The lowest BCUT2D eigenvalue weighted by Crippen LogP contribution is -2.39. The van der Waals surface area contributed by atoms with Crippen LogP contribution in [0.25, 0.3) is 0 Å². The van der Waals surface area contributed by atoms with E-state index in [4.69, 9.17) is 14.2 Å². The highest BCUT2D eigenvalue weighted by molar-refractivity contribution is 5.97. The standard InChI is InChI=1S/C16H17NO6/c1-21-8-3-4-9(12(7-8)22-2)17-15(18)13-10-5-6-11(23-10)14(13)16(19)20/h3-7,10-11,13-14H,1-2H3,(H,17,18)(H,19,20)/t10-,11-,13+,14-/m1/s1. The van der Waals surface area contributed by atoms with E-state index in [1.54, 1.807) is 30.4 Å². The van der Waals surface area contributed by atoms with Crippen LogP contribution in [-0.4, -0.2) is 43.4 Å². The van der Waals surface area contributed by atoms with E-state index in [2.05, 4.69) is 5.32 Å². The van der Waals surface area contributed by atoms with E-state index in [1.165, 1.54) is 14.2 Å². The average molecular weight is 319 g/mol. The first-order valence-corrected chi connectivity index (χ1v) is 7.14. The first-order chi connectivity index (χ1) is 11.0. The molecule has 3 rings (SSSR count). The molecule has 0 aliphatic carbocycles. The molecule has 122 valence electrons. The van der Waals surface area contributed by atoms with Crippen LogP contribution in [0.3, 0.4) is 0 Å². The van der Waals surface area contributed by atoms with Gasteiger partial charge < -0.3 is 24.6 Å². The minimum atomic E-state index is -1.04. The van der Waals surface area contributed by atoms with E-state index >= 15 is 0 Å². The number of hydrogen-bond acceptors (Lipinski definition) is 5. The first kappa shape index (κ1) is 15.4. The van der Waals surface area contributed by atoms with Crippen molar-refractivity contribution in [3.05, 3.63) is 30.4 Å². The number of ether oxygens (including phenoxy) is 3. The third kappa shape index (κ3) is 2.63. The van der Waals surface area contributed by atoms with Crippen LogP contribution in [0.15, 0.2) is 30.4 Å². The van der Waals surface area contributed by atoms with Gasteiger partial charge in [0.2, 0.25) is 5.91 Å². The number of fused-ring (bicyclic) bond motifs is 2. The molecule has 0 aromatic heterocycles. The molecule has 0 spiro atoms. The number of nitrogens with one attached hydrogen (secondary N) is 1. The summed E-state index contributed by atoms with van der Waals surface area (Å²) < 4.78 is 15.8. The Morgan fingerprint density at radius 2 is 1.83 bits per heavy atom. The summed E-state index contributed by atoms with van der Waals surface area (Å²) in [5.41, 5.74) is 0.453. The summed E-state index contributed by atoms with van der Waals surface area (Å²) in [5, 5.41) is 12.1. The highest BCUT2D eigenvalue weighted by Crippen LogP contribution is 2.40. The van der Waals surface area contributed by atoms with Gasteiger partial charge in [0.1, 0.15) is 17.4 Å². The van der Waals surface area contributed by atoms with Gasteiger partial charge in [-0.1, -0.05) is 12.2 Å². The van der Waals surface area contributed by atoms with Gasteiger partial charge >= 0.3 is 5.97 Å². The van der Waals surface area contributed by atoms with Crippen molar-refractivity contribution in [2.24, 2.45) is 11.8 Å². The fourth-order valence-corrected chi connectivity index (χ4v) is 3.03. The quantitative estimate of drug-likeness (QED) is 0.795. The van der Waals surface area contributed by atoms with Crippen LogP contribution in [0.2, 0.25) is 0 Å². The number of hydrogen-bond donors (Lipinski definition) is 2. The van der Waals surface area contributed by atoms with Gasteiger partial charge in [-0.25, -0.2) is 0 Å². The van der Waals surface area contributed by atoms with Crippen LogP contribution in [0, 0.1) is 11.8 Å². The van der Waals surface area contributed by atoms with Crippen molar-refractivity contribution in [3.63, 3.8) is 0 Å². The molecule has 2 heterocycles. The van der Waals surface area contributed by atoms with E-state index in [1.807, 2.05) is 0 Å². The maximum absolute atomic E-state index is 12.6. The van der Waals surface area contributed by atoms with Crippen LogP contribution in [-0.2, 0) is 14.3 Å². The van der Waals surface area contributed by atoms with Crippen molar-refractivity contribution in [3.8, 4) is 11.5 Å². The number of aliphatic carboxylic acids is 1.